The highest BCUT2D eigenvalue weighted by molar-refractivity contribution is 7.19. The van der Waals surface area contributed by atoms with Crippen LogP contribution in [-0.2, 0) is 6.42 Å². The van der Waals surface area contributed by atoms with E-state index in [-0.39, 0.29) is 0 Å². The summed E-state index contributed by atoms with van der Waals surface area (Å²) in [6.07, 6.45) is 4.24. The fourth-order valence-electron chi connectivity index (χ4n) is 3.00. The van der Waals surface area contributed by atoms with Crippen molar-refractivity contribution in [2.45, 2.75) is 6.42 Å². The molecule has 3 heterocycles. The number of fused-ring (bicyclic) bond motifs is 2. The SMILES string of the molecule is c1ccc2c(Cc3nnc4sc(-c5ccncc5)nn34)cccc2c1. The Hall–Kier alpha value is -3.12. The summed E-state index contributed by atoms with van der Waals surface area (Å²) in [6.45, 7) is 0. The lowest BCUT2D eigenvalue weighted by molar-refractivity contribution is 0.857. The van der Waals surface area contributed by atoms with E-state index in [0.29, 0.717) is 6.42 Å². The van der Waals surface area contributed by atoms with Crippen LogP contribution in [0.4, 0.5) is 0 Å². The molecule has 0 radical (unpaired) electrons. The Bertz CT molecular complexity index is 1170. The minimum atomic E-state index is 0.696. The second-order valence-electron chi connectivity index (χ2n) is 5.77. The van der Waals surface area contributed by atoms with Gasteiger partial charge in [-0.25, -0.2) is 0 Å². The van der Waals surface area contributed by atoms with Crippen molar-refractivity contribution in [2.75, 3.05) is 0 Å². The lowest BCUT2D eigenvalue weighted by Crippen LogP contribution is -1.98. The van der Waals surface area contributed by atoms with Crippen LogP contribution in [0.25, 0.3) is 26.3 Å². The maximum atomic E-state index is 4.70. The zero-order valence-corrected chi connectivity index (χ0v) is 14.0. The fourth-order valence-corrected chi connectivity index (χ4v) is 3.86. The molecular weight excluding hydrogens is 330 g/mol. The quantitative estimate of drug-likeness (QED) is 0.497. The summed E-state index contributed by atoms with van der Waals surface area (Å²) < 4.78 is 1.85. The van der Waals surface area contributed by atoms with Gasteiger partial charge in [0.15, 0.2) is 5.82 Å². The number of pyridine rings is 1. The minimum absolute atomic E-state index is 0.696. The monoisotopic (exact) mass is 343 g/mol. The van der Waals surface area contributed by atoms with Gasteiger partial charge in [0.25, 0.3) is 0 Å². The highest BCUT2D eigenvalue weighted by Gasteiger charge is 2.14. The molecule has 0 N–H and O–H groups in total. The molecule has 120 valence electrons. The van der Waals surface area contributed by atoms with Crippen LogP contribution in [-0.4, -0.2) is 24.8 Å². The van der Waals surface area contributed by atoms with E-state index >= 15 is 0 Å². The third-order valence-corrected chi connectivity index (χ3v) is 5.16. The largest absolute Gasteiger partial charge is 0.265 e. The van der Waals surface area contributed by atoms with E-state index in [2.05, 4.69) is 57.6 Å². The molecule has 0 amide bonds. The van der Waals surface area contributed by atoms with Crippen molar-refractivity contribution < 1.29 is 0 Å². The van der Waals surface area contributed by atoms with E-state index in [4.69, 9.17) is 5.10 Å². The Balaban J connectivity index is 1.58. The molecule has 5 nitrogen and oxygen atoms in total. The Kier molecular flexibility index (Phi) is 3.28. The molecule has 25 heavy (non-hydrogen) atoms. The second kappa shape index (κ2) is 5.75. The first kappa shape index (κ1) is 14.2. The van der Waals surface area contributed by atoms with Gasteiger partial charge in [-0.3, -0.25) is 4.98 Å². The molecule has 0 aliphatic heterocycles. The summed E-state index contributed by atoms with van der Waals surface area (Å²) in [5, 5.41) is 16.7. The summed E-state index contributed by atoms with van der Waals surface area (Å²) >= 11 is 1.54. The number of hydrogen-bond acceptors (Lipinski definition) is 5. The van der Waals surface area contributed by atoms with Crippen LogP contribution in [0, 0.1) is 0 Å². The molecule has 5 aromatic rings. The van der Waals surface area contributed by atoms with Crippen molar-refractivity contribution in [2.24, 2.45) is 0 Å². The Morgan fingerprint density at radius 1 is 0.880 bits per heavy atom. The van der Waals surface area contributed by atoms with E-state index in [1.54, 1.807) is 12.4 Å². The van der Waals surface area contributed by atoms with E-state index in [1.165, 1.54) is 27.7 Å². The van der Waals surface area contributed by atoms with Crippen LogP contribution in [0.15, 0.2) is 67.0 Å². The second-order valence-corrected chi connectivity index (χ2v) is 6.72. The zero-order chi connectivity index (χ0) is 16.6. The van der Waals surface area contributed by atoms with Gasteiger partial charge in [-0.05, 0) is 28.5 Å². The summed E-state index contributed by atoms with van der Waals surface area (Å²) in [5.74, 6) is 0.850. The first-order valence-electron chi connectivity index (χ1n) is 7.97. The van der Waals surface area contributed by atoms with E-state index in [1.807, 2.05) is 16.6 Å². The molecule has 0 saturated carbocycles. The predicted molar refractivity (Wildman–Crippen MR) is 98.6 cm³/mol. The van der Waals surface area contributed by atoms with Crippen LogP contribution in [0.2, 0.25) is 0 Å². The van der Waals surface area contributed by atoms with Crippen LogP contribution in [0.3, 0.4) is 0 Å². The van der Waals surface area contributed by atoms with Gasteiger partial charge < -0.3 is 0 Å². The third kappa shape index (κ3) is 2.47. The highest BCUT2D eigenvalue weighted by atomic mass is 32.1. The summed E-state index contributed by atoms with van der Waals surface area (Å²) in [4.78, 5) is 4.86. The summed E-state index contributed by atoms with van der Waals surface area (Å²) in [6, 6.07) is 18.7. The van der Waals surface area contributed by atoms with E-state index < -0.39 is 0 Å². The molecule has 0 aliphatic carbocycles. The first-order valence-corrected chi connectivity index (χ1v) is 8.78. The van der Waals surface area contributed by atoms with Gasteiger partial charge in [-0.15, -0.1) is 10.2 Å². The maximum Gasteiger partial charge on any atom is 0.234 e. The molecule has 0 spiro atoms. The minimum Gasteiger partial charge on any atom is -0.265 e. The smallest absolute Gasteiger partial charge is 0.234 e. The molecule has 0 fully saturated rings. The topological polar surface area (TPSA) is 56.0 Å². The molecule has 0 unspecified atom stereocenters. The van der Waals surface area contributed by atoms with Gasteiger partial charge in [0, 0.05) is 24.4 Å². The molecule has 0 atom stereocenters. The lowest BCUT2D eigenvalue weighted by atomic mass is 10.0. The molecule has 3 aromatic heterocycles. The number of hydrogen-bond donors (Lipinski definition) is 0. The van der Waals surface area contributed by atoms with Crippen molar-refractivity contribution in [1.82, 2.24) is 24.8 Å². The average Bonchev–Trinajstić information content (AvgIpc) is 3.25. The van der Waals surface area contributed by atoms with E-state index in [0.717, 1.165) is 21.4 Å². The van der Waals surface area contributed by atoms with Crippen molar-refractivity contribution >= 4 is 27.1 Å². The predicted octanol–water partition coefficient (Wildman–Crippen LogP) is 3.99. The third-order valence-electron chi connectivity index (χ3n) is 4.21. The normalized spacial score (nSPS) is 11.4. The highest BCUT2D eigenvalue weighted by Crippen LogP contribution is 2.26. The Labute approximate surface area is 147 Å². The summed E-state index contributed by atoms with van der Waals surface area (Å²) in [7, 11) is 0. The number of nitrogens with zero attached hydrogens (tertiary/aromatic N) is 5. The van der Waals surface area contributed by atoms with Gasteiger partial charge in [-0.2, -0.15) is 9.61 Å². The molecule has 0 aliphatic rings. The molecule has 2 aromatic carbocycles. The van der Waals surface area contributed by atoms with Gasteiger partial charge in [0.05, 0.1) is 0 Å². The van der Waals surface area contributed by atoms with Crippen molar-refractivity contribution in [3.8, 4) is 10.6 Å². The van der Waals surface area contributed by atoms with Crippen molar-refractivity contribution in [3.05, 3.63) is 78.4 Å². The molecule has 5 rings (SSSR count). The van der Waals surface area contributed by atoms with Crippen LogP contribution < -0.4 is 0 Å². The van der Waals surface area contributed by atoms with E-state index in [9.17, 15) is 0 Å². The molecular formula is C19H13N5S. The molecule has 0 bridgehead atoms. The summed E-state index contributed by atoms with van der Waals surface area (Å²) in [5.41, 5.74) is 2.27. The Morgan fingerprint density at radius 2 is 1.72 bits per heavy atom. The maximum absolute atomic E-state index is 4.70. The standard InChI is InChI=1S/C19H13N5S/c1-2-7-16-13(4-1)5-3-6-15(16)12-17-21-22-19-24(17)23-18(25-19)14-8-10-20-11-9-14/h1-11H,12H2. The number of aromatic nitrogens is 5. The fraction of sp³-hybridized carbons (Fsp3) is 0.0526. The molecule has 0 saturated heterocycles. The molecule has 6 heteroatoms. The van der Waals surface area contributed by atoms with Gasteiger partial charge in [-0.1, -0.05) is 53.8 Å². The average molecular weight is 343 g/mol. The zero-order valence-electron chi connectivity index (χ0n) is 13.2. The van der Waals surface area contributed by atoms with Gasteiger partial charge in [0.2, 0.25) is 4.96 Å². The number of benzene rings is 2. The first-order chi connectivity index (χ1) is 12.4. The van der Waals surface area contributed by atoms with Crippen LogP contribution in [0.5, 0.6) is 0 Å². The van der Waals surface area contributed by atoms with Gasteiger partial charge in [0.1, 0.15) is 5.01 Å². The Morgan fingerprint density at radius 3 is 2.64 bits per heavy atom. The van der Waals surface area contributed by atoms with Crippen molar-refractivity contribution in [3.63, 3.8) is 0 Å². The van der Waals surface area contributed by atoms with Gasteiger partial charge >= 0.3 is 0 Å². The van der Waals surface area contributed by atoms with Crippen LogP contribution in [0.1, 0.15) is 11.4 Å². The lowest BCUT2D eigenvalue weighted by Gasteiger charge is -2.04. The van der Waals surface area contributed by atoms with Crippen molar-refractivity contribution in [1.29, 1.82) is 0 Å². The number of rotatable bonds is 3. The van der Waals surface area contributed by atoms with Crippen LogP contribution >= 0.6 is 11.3 Å².